The molecule has 76 valence electrons. The average Bonchev–Trinajstić information content (AvgIpc) is 2.41. The molecule has 0 aromatic carbocycles. The normalized spacial score (nSPS) is 25.9. The number of ether oxygens (including phenoxy) is 1. The van der Waals surface area contributed by atoms with Crippen LogP contribution in [0.15, 0.2) is 0 Å². The van der Waals surface area contributed by atoms with Gasteiger partial charge in [-0.1, -0.05) is 0 Å². The standard InChI is InChI=1S/C9H18N2O2/c1-9(2)7(4-5-13-9)11-6-8(12)10-3/h7,11H,4-6H2,1-3H3,(H,10,12). The first-order valence-electron chi connectivity index (χ1n) is 4.64. The summed E-state index contributed by atoms with van der Waals surface area (Å²) >= 11 is 0. The minimum Gasteiger partial charge on any atom is -0.374 e. The minimum atomic E-state index is -0.145. The van der Waals surface area contributed by atoms with Crippen LogP contribution in [0.5, 0.6) is 0 Å². The van der Waals surface area contributed by atoms with Crippen LogP contribution >= 0.6 is 0 Å². The number of hydrogen-bond donors (Lipinski definition) is 2. The Morgan fingerprint density at radius 1 is 1.62 bits per heavy atom. The van der Waals surface area contributed by atoms with Gasteiger partial charge in [0.25, 0.3) is 0 Å². The lowest BCUT2D eigenvalue weighted by atomic mass is 9.99. The predicted octanol–water partition coefficient (Wildman–Crippen LogP) is -0.111. The Labute approximate surface area is 79.0 Å². The van der Waals surface area contributed by atoms with E-state index in [4.69, 9.17) is 4.74 Å². The van der Waals surface area contributed by atoms with Gasteiger partial charge in [-0.05, 0) is 20.3 Å². The molecule has 4 nitrogen and oxygen atoms in total. The molecule has 1 atom stereocenters. The molecule has 13 heavy (non-hydrogen) atoms. The molecule has 2 N–H and O–H groups in total. The van der Waals surface area contributed by atoms with E-state index in [9.17, 15) is 4.79 Å². The topological polar surface area (TPSA) is 50.4 Å². The first-order valence-corrected chi connectivity index (χ1v) is 4.64. The molecule has 0 aliphatic carbocycles. The Hall–Kier alpha value is -0.610. The first-order chi connectivity index (χ1) is 6.06. The number of amides is 1. The van der Waals surface area contributed by atoms with Crippen LogP contribution in [-0.4, -0.2) is 37.7 Å². The van der Waals surface area contributed by atoms with Crippen LogP contribution in [0, 0.1) is 0 Å². The summed E-state index contributed by atoms with van der Waals surface area (Å²) in [7, 11) is 1.64. The maximum atomic E-state index is 11.0. The van der Waals surface area contributed by atoms with Gasteiger partial charge in [0.2, 0.25) is 5.91 Å². The Bertz CT molecular complexity index is 192. The fourth-order valence-electron chi connectivity index (χ4n) is 1.54. The van der Waals surface area contributed by atoms with Crippen molar-refractivity contribution in [3.05, 3.63) is 0 Å². The summed E-state index contributed by atoms with van der Waals surface area (Å²) in [5, 5.41) is 5.76. The van der Waals surface area contributed by atoms with E-state index in [-0.39, 0.29) is 17.6 Å². The minimum absolute atomic E-state index is 0.0164. The number of carbonyl (C=O) groups excluding carboxylic acids is 1. The molecule has 1 heterocycles. The molecular formula is C9H18N2O2. The van der Waals surface area contributed by atoms with E-state index in [1.54, 1.807) is 7.05 Å². The van der Waals surface area contributed by atoms with Gasteiger partial charge in [-0.2, -0.15) is 0 Å². The molecule has 1 saturated heterocycles. The van der Waals surface area contributed by atoms with Gasteiger partial charge in [0.15, 0.2) is 0 Å². The van der Waals surface area contributed by atoms with Gasteiger partial charge in [0, 0.05) is 19.7 Å². The molecule has 0 aromatic rings. The van der Waals surface area contributed by atoms with E-state index in [0.29, 0.717) is 6.54 Å². The maximum Gasteiger partial charge on any atom is 0.233 e. The number of likely N-dealkylation sites (N-methyl/N-ethyl adjacent to an activating group) is 1. The van der Waals surface area contributed by atoms with E-state index in [0.717, 1.165) is 13.0 Å². The second-order valence-electron chi connectivity index (χ2n) is 3.85. The highest BCUT2D eigenvalue weighted by Gasteiger charge is 2.35. The van der Waals surface area contributed by atoms with Crippen molar-refractivity contribution in [3.8, 4) is 0 Å². The smallest absolute Gasteiger partial charge is 0.233 e. The van der Waals surface area contributed by atoms with Crippen molar-refractivity contribution in [1.82, 2.24) is 10.6 Å². The second kappa shape index (κ2) is 4.07. The highest BCUT2D eigenvalue weighted by molar-refractivity contribution is 5.77. The number of hydrogen-bond acceptors (Lipinski definition) is 3. The van der Waals surface area contributed by atoms with Gasteiger partial charge in [-0.25, -0.2) is 0 Å². The highest BCUT2D eigenvalue weighted by Crippen LogP contribution is 2.24. The molecule has 1 aliphatic heterocycles. The molecule has 0 radical (unpaired) electrons. The van der Waals surface area contributed by atoms with Gasteiger partial charge in [0.1, 0.15) is 0 Å². The summed E-state index contributed by atoms with van der Waals surface area (Å²) in [6.45, 7) is 5.23. The molecule has 0 saturated carbocycles. The zero-order valence-electron chi connectivity index (χ0n) is 8.52. The maximum absolute atomic E-state index is 11.0. The zero-order valence-corrected chi connectivity index (χ0v) is 8.52. The van der Waals surface area contributed by atoms with Crippen LogP contribution in [0.2, 0.25) is 0 Å². The van der Waals surface area contributed by atoms with Gasteiger partial charge in [-0.3, -0.25) is 4.79 Å². The lowest BCUT2D eigenvalue weighted by Crippen LogP contribution is -2.46. The van der Waals surface area contributed by atoms with Crippen LogP contribution in [0.3, 0.4) is 0 Å². The van der Waals surface area contributed by atoms with Gasteiger partial charge in [-0.15, -0.1) is 0 Å². The Morgan fingerprint density at radius 2 is 2.31 bits per heavy atom. The molecule has 1 unspecified atom stereocenters. The van der Waals surface area contributed by atoms with Crippen molar-refractivity contribution in [3.63, 3.8) is 0 Å². The summed E-state index contributed by atoms with van der Waals surface area (Å²) in [6.07, 6.45) is 0.976. The lowest BCUT2D eigenvalue weighted by molar-refractivity contribution is -0.120. The molecule has 0 bridgehead atoms. The van der Waals surface area contributed by atoms with Gasteiger partial charge < -0.3 is 15.4 Å². The van der Waals surface area contributed by atoms with Crippen molar-refractivity contribution in [1.29, 1.82) is 0 Å². The number of rotatable bonds is 3. The molecule has 0 aromatic heterocycles. The molecule has 1 aliphatic rings. The molecule has 1 amide bonds. The third-order valence-corrected chi connectivity index (χ3v) is 2.51. The van der Waals surface area contributed by atoms with E-state index in [2.05, 4.69) is 10.6 Å². The fraction of sp³-hybridized carbons (Fsp3) is 0.889. The third-order valence-electron chi connectivity index (χ3n) is 2.51. The summed E-state index contributed by atoms with van der Waals surface area (Å²) in [5.74, 6) is 0.0164. The predicted molar refractivity (Wildman–Crippen MR) is 50.5 cm³/mol. The fourth-order valence-corrected chi connectivity index (χ4v) is 1.54. The van der Waals surface area contributed by atoms with Crippen LogP contribution in [0.4, 0.5) is 0 Å². The molecule has 4 heteroatoms. The van der Waals surface area contributed by atoms with Gasteiger partial charge in [0.05, 0.1) is 12.1 Å². The lowest BCUT2D eigenvalue weighted by Gasteiger charge is -2.26. The molecule has 0 spiro atoms. The van der Waals surface area contributed by atoms with Crippen molar-refractivity contribution < 1.29 is 9.53 Å². The zero-order chi connectivity index (χ0) is 9.90. The van der Waals surface area contributed by atoms with Crippen LogP contribution in [0.1, 0.15) is 20.3 Å². The van der Waals surface area contributed by atoms with E-state index in [1.807, 2.05) is 13.8 Å². The number of carbonyl (C=O) groups is 1. The molecule has 1 rings (SSSR count). The monoisotopic (exact) mass is 186 g/mol. The SMILES string of the molecule is CNC(=O)CNC1CCOC1(C)C. The van der Waals surface area contributed by atoms with Crippen molar-refractivity contribution in [2.45, 2.75) is 31.9 Å². The molecular weight excluding hydrogens is 168 g/mol. The van der Waals surface area contributed by atoms with E-state index >= 15 is 0 Å². The summed E-state index contributed by atoms with van der Waals surface area (Å²) in [5.41, 5.74) is -0.145. The Kier molecular flexibility index (Phi) is 3.27. The second-order valence-corrected chi connectivity index (χ2v) is 3.85. The summed E-state index contributed by atoms with van der Waals surface area (Å²) in [4.78, 5) is 11.0. The quantitative estimate of drug-likeness (QED) is 0.646. The van der Waals surface area contributed by atoms with Crippen LogP contribution in [0.25, 0.3) is 0 Å². The summed E-state index contributed by atoms with van der Waals surface area (Å²) < 4.78 is 5.52. The largest absolute Gasteiger partial charge is 0.374 e. The van der Waals surface area contributed by atoms with Crippen LogP contribution in [-0.2, 0) is 9.53 Å². The van der Waals surface area contributed by atoms with Gasteiger partial charge >= 0.3 is 0 Å². The first kappa shape index (κ1) is 10.5. The summed E-state index contributed by atoms with van der Waals surface area (Å²) in [6, 6.07) is 0.282. The Balaban J connectivity index is 2.33. The van der Waals surface area contributed by atoms with Crippen molar-refractivity contribution in [2.75, 3.05) is 20.2 Å². The van der Waals surface area contributed by atoms with Crippen molar-refractivity contribution in [2.24, 2.45) is 0 Å². The van der Waals surface area contributed by atoms with Crippen molar-refractivity contribution >= 4 is 5.91 Å². The van der Waals surface area contributed by atoms with E-state index in [1.165, 1.54) is 0 Å². The highest BCUT2D eigenvalue weighted by atomic mass is 16.5. The van der Waals surface area contributed by atoms with Crippen LogP contribution < -0.4 is 10.6 Å². The Morgan fingerprint density at radius 3 is 2.77 bits per heavy atom. The average molecular weight is 186 g/mol. The number of nitrogens with one attached hydrogen (secondary N) is 2. The van der Waals surface area contributed by atoms with E-state index < -0.39 is 0 Å². The molecule has 1 fully saturated rings. The third kappa shape index (κ3) is 2.67.